The third-order valence-electron chi connectivity index (χ3n) is 4.05. The van der Waals surface area contributed by atoms with Crippen molar-refractivity contribution in [2.45, 2.75) is 32.4 Å². The topological polar surface area (TPSA) is 76.4 Å². The summed E-state index contributed by atoms with van der Waals surface area (Å²) in [6, 6.07) is 3.17. The number of hydrogen-bond donors (Lipinski definition) is 2. The summed E-state index contributed by atoms with van der Waals surface area (Å²) in [5.41, 5.74) is 1.84. The second kappa shape index (κ2) is 8.72. The molecular weight excluding hydrogens is 354 g/mol. The number of nitrogens with one attached hydrogen (secondary N) is 2. The van der Waals surface area contributed by atoms with Crippen LogP contribution in [-0.2, 0) is 0 Å². The van der Waals surface area contributed by atoms with Gasteiger partial charge < -0.3 is 15.4 Å². The number of nitrogens with zero attached hydrogens (tertiary/aromatic N) is 4. The number of ether oxygens (including phenoxy) is 1. The molecule has 0 aromatic carbocycles. The molecule has 0 radical (unpaired) electrons. The first kappa shape index (κ1) is 19.0. The molecule has 0 bridgehead atoms. The fourth-order valence-corrected chi connectivity index (χ4v) is 2.92. The molecule has 1 unspecified atom stereocenters. The quantitative estimate of drug-likeness (QED) is 0.597. The standard InChI is InChI=1S/C18H22F2N6O/c1-3-4-12(8-21-2)24-16-11-22-9-14(25-16)15-10-23-17-7-13(27-18(19)20)5-6-26(15)17/h5-7,9-12,18,21H,3-4,8H2,1-2H3,(H,24,25). The van der Waals surface area contributed by atoms with Gasteiger partial charge in [0.25, 0.3) is 0 Å². The zero-order valence-electron chi connectivity index (χ0n) is 15.2. The van der Waals surface area contributed by atoms with E-state index in [-0.39, 0.29) is 11.8 Å². The Kier molecular flexibility index (Phi) is 6.12. The van der Waals surface area contributed by atoms with Gasteiger partial charge >= 0.3 is 6.61 Å². The van der Waals surface area contributed by atoms with Crippen molar-refractivity contribution in [3.05, 3.63) is 36.9 Å². The lowest BCUT2D eigenvalue weighted by Crippen LogP contribution is -2.31. The van der Waals surface area contributed by atoms with Crippen LogP contribution in [-0.4, -0.2) is 45.6 Å². The van der Waals surface area contributed by atoms with Crippen LogP contribution < -0.4 is 15.4 Å². The van der Waals surface area contributed by atoms with Gasteiger partial charge in [-0.15, -0.1) is 0 Å². The molecule has 3 aromatic rings. The van der Waals surface area contributed by atoms with E-state index in [1.54, 1.807) is 29.2 Å². The summed E-state index contributed by atoms with van der Waals surface area (Å²) in [6.07, 6.45) is 8.65. The van der Waals surface area contributed by atoms with E-state index in [9.17, 15) is 8.78 Å². The van der Waals surface area contributed by atoms with Gasteiger partial charge in [0.2, 0.25) is 0 Å². The van der Waals surface area contributed by atoms with Crippen LogP contribution in [0.3, 0.4) is 0 Å². The van der Waals surface area contributed by atoms with E-state index in [0.717, 1.165) is 19.4 Å². The van der Waals surface area contributed by atoms with E-state index in [1.165, 1.54) is 12.1 Å². The Morgan fingerprint density at radius 1 is 1.26 bits per heavy atom. The van der Waals surface area contributed by atoms with Crippen molar-refractivity contribution in [3.63, 3.8) is 0 Å². The third kappa shape index (κ3) is 4.68. The molecule has 2 N–H and O–H groups in total. The molecule has 3 heterocycles. The summed E-state index contributed by atoms with van der Waals surface area (Å²) in [5, 5.41) is 6.56. The smallest absolute Gasteiger partial charge is 0.387 e. The lowest BCUT2D eigenvalue weighted by atomic mass is 10.1. The van der Waals surface area contributed by atoms with E-state index in [0.29, 0.717) is 22.9 Å². The molecule has 0 aliphatic heterocycles. The highest BCUT2D eigenvalue weighted by Crippen LogP contribution is 2.23. The molecule has 0 saturated heterocycles. The van der Waals surface area contributed by atoms with Crippen molar-refractivity contribution in [1.29, 1.82) is 0 Å². The summed E-state index contributed by atoms with van der Waals surface area (Å²) >= 11 is 0. The normalized spacial score (nSPS) is 12.5. The molecule has 0 aliphatic rings. The van der Waals surface area contributed by atoms with E-state index in [2.05, 4.69) is 37.2 Å². The van der Waals surface area contributed by atoms with Crippen molar-refractivity contribution in [1.82, 2.24) is 24.7 Å². The minimum Gasteiger partial charge on any atom is -0.435 e. The van der Waals surface area contributed by atoms with Crippen LogP contribution in [0.1, 0.15) is 19.8 Å². The van der Waals surface area contributed by atoms with Gasteiger partial charge in [0.1, 0.15) is 22.9 Å². The van der Waals surface area contributed by atoms with Crippen LogP contribution in [0, 0.1) is 0 Å². The summed E-state index contributed by atoms with van der Waals surface area (Å²) in [5.74, 6) is 0.736. The molecule has 0 aliphatic carbocycles. The van der Waals surface area contributed by atoms with Crippen LogP contribution in [0.2, 0.25) is 0 Å². The molecular formula is C18H22F2N6O. The average Bonchev–Trinajstić information content (AvgIpc) is 3.05. The Morgan fingerprint density at radius 3 is 2.85 bits per heavy atom. The maximum atomic E-state index is 12.4. The van der Waals surface area contributed by atoms with Gasteiger partial charge in [0.05, 0.1) is 24.3 Å². The molecule has 144 valence electrons. The molecule has 1 atom stereocenters. The Bertz CT molecular complexity index is 879. The number of hydrogen-bond acceptors (Lipinski definition) is 6. The number of anilines is 1. The zero-order valence-corrected chi connectivity index (χ0v) is 15.2. The minimum atomic E-state index is -2.87. The van der Waals surface area contributed by atoms with Gasteiger partial charge in [0.15, 0.2) is 0 Å². The molecule has 27 heavy (non-hydrogen) atoms. The van der Waals surface area contributed by atoms with Crippen molar-refractivity contribution in [2.24, 2.45) is 0 Å². The summed E-state index contributed by atoms with van der Waals surface area (Å²) in [6.45, 7) is 0.0864. The number of halogens is 2. The minimum absolute atomic E-state index is 0.0608. The van der Waals surface area contributed by atoms with E-state index >= 15 is 0 Å². The number of aromatic nitrogens is 4. The first-order chi connectivity index (χ1) is 13.1. The lowest BCUT2D eigenvalue weighted by molar-refractivity contribution is -0.0498. The molecule has 9 heteroatoms. The number of imidazole rings is 1. The third-order valence-corrected chi connectivity index (χ3v) is 4.05. The fraction of sp³-hybridized carbons (Fsp3) is 0.389. The monoisotopic (exact) mass is 376 g/mol. The Hall–Kier alpha value is -2.81. The van der Waals surface area contributed by atoms with Gasteiger partial charge in [-0.2, -0.15) is 8.78 Å². The number of fused-ring (bicyclic) bond motifs is 1. The van der Waals surface area contributed by atoms with Gasteiger partial charge in [0, 0.05) is 24.8 Å². The maximum Gasteiger partial charge on any atom is 0.387 e. The Balaban J connectivity index is 1.86. The molecule has 0 amide bonds. The molecule has 3 aromatic heterocycles. The van der Waals surface area contributed by atoms with Crippen LogP contribution in [0.15, 0.2) is 36.9 Å². The molecule has 0 spiro atoms. The van der Waals surface area contributed by atoms with E-state index in [4.69, 9.17) is 0 Å². The highest BCUT2D eigenvalue weighted by molar-refractivity contribution is 5.61. The van der Waals surface area contributed by atoms with Crippen molar-refractivity contribution >= 4 is 11.5 Å². The first-order valence-corrected chi connectivity index (χ1v) is 8.76. The second-order valence-corrected chi connectivity index (χ2v) is 6.09. The molecule has 0 saturated carbocycles. The van der Waals surface area contributed by atoms with Crippen LogP contribution >= 0.6 is 0 Å². The summed E-state index contributed by atoms with van der Waals surface area (Å²) in [4.78, 5) is 13.1. The summed E-state index contributed by atoms with van der Waals surface area (Å²) < 4.78 is 30.9. The van der Waals surface area contributed by atoms with Gasteiger partial charge in [-0.1, -0.05) is 13.3 Å². The predicted molar refractivity (Wildman–Crippen MR) is 99.1 cm³/mol. The van der Waals surface area contributed by atoms with Crippen molar-refractivity contribution < 1.29 is 13.5 Å². The maximum absolute atomic E-state index is 12.4. The van der Waals surface area contributed by atoms with Crippen molar-refractivity contribution in [2.75, 3.05) is 18.9 Å². The van der Waals surface area contributed by atoms with Crippen LogP contribution in [0.4, 0.5) is 14.6 Å². The molecule has 7 nitrogen and oxygen atoms in total. The second-order valence-electron chi connectivity index (χ2n) is 6.09. The number of pyridine rings is 1. The van der Waals surface area contributed by atoms with E-state index in [1.807, 2.05) is 7.05 Å². The molecule has 3 rings (SSSR count). The van der Waals surface area contributed by atoms with Gasteiger partial charge in [-0.05, 0) is 19.5 Å². The number of alkyl halides is 2. The molecule has 0 fully saturated rings. The van der Waals surface area contributed by atoms with Crippen LogP contribution in [0.5, 0.6) is 5.75 Å². The van der Waals surface area contributed by atoms with E-state index < -0.39 is 6.61 Å². The first-order valence-electron chi connectivity index (χ1n) is 8.76. The summed E-state index contributed by atoms with van der Waals surface area (Å²) in [7, 11) is 1.91. The van der Waals surface area contributed by atoms with Crippen LogP contribution in [0.25, 0.3) is 17.0 Å². The lowest BCUT2D eigenvalue weighted by Gasteiger charge is -2.18. The highest BCUT2D eigenvalue weighted by atomic mass is 19.3. The largest absolute Gasteiger partial charge is 0.435 e. The van der Waals surface area contributed by atoms with Crippen molar-refractivity contribution in [3.8, 4) is 17.1 Å². The Morgan fingerprint density at radius 2 is 2.11 bits per heavy atom. The fourth-order valence-electron chi connectivity index (χ4n) is 2.92. The zero-order chi connectivity index (χ0) is 19.2. The average molecular weight is 376 g/mol. The SMILES string of the molecule is CCCC(CNC)Nc1cncc(-c2cnc3cc(OC(F)F)ccn23)n1. The number of likely N-dealkylation sites (N-methyl/N-ethyl adjacent to an activating group) is 1. The highest BCUT2D eigenvalue weighted by Gasteiger charge is 2.13. The number of rotatable bonds is 9. The predicted octanol–water partition coefficient (Wildman–Crippen LogP) is 3.19. The Labute approximate surface area is 155 Å². The van der Waals surface area contributed by atoms with Gasteiger partial charge in [-0.3, -0.25) is 9.38 Å². The van der Waals surface area contributed by atoms with Gasteiger partial charge in [-0.25, -0.2) is 9.97 Å².